The predicted octanol–water partition coefficient (Wildman–Crippen LogP) is 3.72. The molecule has 4 heteroatoms. The van der Waals surface area contributed by atoms with Gasteiger partial charge in [0.05, 0.1) is 16.3 Å². The summed E-state index contributed by atoms with van der Waals surface area (Å²) in [6.07, 6.45) is 7.38. The highest BCUT2D eigenvalue weighted by atomic mass is 35.5. The third-order valence-electron chi connectivity index (χ3n) is 4.76. The molecule has 0 radical (unpaired) electrons. The zero-order valence-electron chi connectivity index (χ0n) is 11.6. The van der Waals surface area contributed by atoms with Crippen molar-refractivity contribution in [2.24, 2.45) is 5.92 Å². The van der Waals surface area contributed by atoms with Crippen molar-refractivity contribution < 1.29 is 4.79 Å². The molecule has 1 amide bonds. The molecule has 1 saturated heterocycles. The number of nitrogens with two attached hydrogens (primary N) is 1. The van der Waals surface area contributed by atoms with E-state index in [1.807, 2.05) is 4.90 Å². The molecule has 2 fully saturated rings. The maximum atomic E-state index is 12.8. The van der Waals surface area contributed by atoms with Crippen LogP contribution in [-0.4, -0.2) is 23.4 Å². The molecule has 3 nitrogen and oxygen atoms in total. The van der Waals surface area contributed by atoms with E-state index in [9.17, 15) is 4.79 Å². The summed E-state index contributed by atoms with van der Waals surface area (Å²) in [4.78, 5) is 14.8. The van der Waals surface area contributed by atoms with Crippen LogP contribution in [0.4, 0.5) is 5.69 Å². The van der Waals surface area contributed by atoms with Crippen LogP contribution >= 0.6 is 11.6 Å². The van der Waals surface area contributed by atoms with Crippen LogP contribution < -0.4 is 5.73 Å². The van der Waals surface area contributed by atoms with Gasteiger partial charge in [-0.25, -0.2) is 0 Å². The van der Waals surface area contributed by atoms with Gasteiger partial charge in [-0.1, -0.05) is 30.5 Å². The molecule has 1 aliphatic carbocycles. The normalized spacial score (nSPS) is 23.4. The molecule has 1 heterocycles. The van der Waals surface area contributed by atoms with E-state index in [4.69, 9.17) is 17.3 Å². The summed E-state index contributed by atoms with van der Waals surface area (Å²) in [5.74, 6) is 0.734. The second-order valence-corrected chi connectivity index (χ2v) is 6.34. The first-order valence-electron chi connectivity index (χ1n) is 7.53. The van der Waals surface area contributed by atoms with Crippen LogP contribution in [0.25, 0.3) is 0 Å². The van der Waals surface area contributed by atoms with Crippen LogP contribution in [-0.2, 0) is 0 Å². The molecule has 2 N–H and O–H groups in total. The zero-order chi connectivity index (χ0) is 14.1. The quantitative estimate of drug-likeness (QED) is 0.845. The van der Waals surface area contributed by atoms with E-state index >= 15 is 0 Å². The standard InChI is InChI=1S/C16H21ClN2O/c17-15-12(7-3-8-13(15)18)16(20)19-10-4-9-14(19)11-5-1-2-6-11/h3,7-8,11,14H,1-2,4-6,9-10,18H2. The van der Waals surface area contributed by atoms with Gasteiger partial charge >= 0.3 is 0 Å². The number of anilines is 1. The molecule has 3 rings (SSSR count). The third kappa shape index (κ3) is 2.39. The lowest BCUT2D eigenvalue weighted by Crippen LogP contribution is -2.39. The second kappa shape index (κ2) is 5.65. The first-order chi connectivity index (χ1) is 9.68. The van der Waals surface area contributed by atoms with Crippen LogP contribution in [0.3, 0.4) is 0 Å². The first kappa shape index (κ1) is 13.7. The van der Waals surface area contributed by atoms with Gasteiger partial charge < -0.3 is 10.6 Å². The Morgan fingerprint density at radius 3 is 2.70 bits per heavy atom. The number of hydrogen-bond acceptors (Lipinski definition) is 2. The van der Waals surface area contributed by atoms with Crippen molar-refractivity contribution in [2.45, 2.75) is 44.6 Å². The minimum atomic E-state index is 0.0525. The van der Waals surface area contributed by atoms with Gasteiger partial charge in [-0.05, 0) is 43.7 Å². The SMILES string of the molecule is Nc1cccc(C(=O)N2CCCC2C2CCCC2)c1Cl. The summed E-state index contributed by atoms with van der Waals surface area (Å²) < 4.78 is 0. The summed E-state index contributed by atoms with van der Waals surface area (Å²) in [7, 11) is 0. The summed E-state index contributed by atoms with van der Waals surface area (Å²) in [5.41, 5.74) is 6.84. The number of carbonyl (C=O) groups excluding carboxylic acids is 1. The smallest absolute Gasteiger partial charge is 0.255 e. The number of nitrogens with zero attached hydrogens (tertiary/aromatic N) is 1. The molecule has 1 atom stereocenters. The van der Waals surface area contributed by atoms with Crippen molar-refractivity contribution in [1.82, 2.24) is 4.90 Å². The van der Waals surface area contributed by atoms with Gasteiger partial charge in [0, 0.05) is 12.6 Å². The van der Waals surface area contributed by atoms with Crippen LogP contribution in [0.15, 0.2) is 18.2 Å². The zero-order valence-corrected chi connectivity index (χ0v) is 12.4. The first-order valence-corrected chi connectivity index (χ1v) is 7.91. The highest BCUT2D eigenvalue weighted by Crippen LogP contribution is 2.37. The predicted molar refractivity (Wildman–Crippen MR) is 81.9 cm³/mol. The van der Waals surface area contributed by atoms with Crippen molar-refractivity contribution in [3.63, 3.8) is 0 Å². The molecular weight excluding hydrogens is 272 g/mol. The van der Waals surface area contributed by atoms with E-state index in [0.29, 0.717) is 28.2 Å². The van der Waals surface area contributed by atoms with E-state index in [2.05, 4.69) is 0 Å². The fourth-order valence-corrected chi connectivity index (χ4v) is 3.95. The van der Waals surface area contributed by atoms with E-state index < -0.39 is 0 Å². The monoisotopic (exact) mass is 292 g/mol. The van der Waals surface area contributed by atoms with Crippen LogP contribution in [0, 0.1) is 5.92 Å². The topological polar surface area (TPSA) is 46.3 Å². The molecule has 20 heavy (non-hydrogen) atoms. The van der Waals surface area contributed by atoms with Gasteiger partial charge in [0.1, 0.15) is 0 Å². The molecule has 0 bridgehead atoms. The summed E-state index contributed by atoms with van der Waals surface area (Å²) >= 11 is 6.20. The Balaban J connectivity index is 1.83. The average Bonchev–Trinajstić information content (AvgIpc) is 3.10. The largest absolute Gasteiger partial charge is 0.398 e. The van der Waals surface area contributed by atoms with Crippen molar-refractivity contribution in [3.05, 3.63) is 28.8 Å². The maximum Gasteiger partial charge on any atom is 0.255 e. The van der Waals surface area contributed by atoms with E-state index in [0.717, 1.165) is 19.4 Å². The lowest BCUT2D eigenvalue weighted by Gasteiger charge is -2.29. The average molecular weight is 293 g/mol. The molecular formula is C16H21ClN2O. The summed E-state index contributed by atoms with van der Waals surface area (Å²) in [5, 5.41) is 0.398. The van der Waals surface area contributed by atoms with E-state index in [1.165, 1.54) is 25.7 Å². The van der Waals surface area contributed by atoms with Crippen molar-refractivity contribution in [2.75, 3.05) is 12.3 Å². The van der Waals surface area contributed by atoms with Gasteiger partial charge in [-0.3, -0.25) is 4.79 Å². The molecule has 1 unspecified atom stereocenters. The molecule has 1 aromatic rings. The highest BCUT2D eigenvalue weighted by molar-refractivity contribution is 6.36. The van der Waals surface area contributed by atoms with Gasteiger partial charge in [-0.2, -0.15) is 0 Å². The lowest BCUT2D eigenvalue weighted by atomic mass is 9.95. The highest BCUT2D eigenvalue weighted by Gasteiger charge is 2.36. The van der Waals surface area contributed by atoms with Crippen molar-refractivity contribution in [1.29, 1.82) is 0 Å². The van der Waals surface area contributed by atoms with E-state index in [1.54, 1.807) is 18.2 Å². The Morgan fingerprint density at radius 2 is 1.95 bits per heavy atom. The third-order valence-corrected chi connectivity index (χ3v) is 5.18. The number of hydrogen-bond donors (Lipinski definition) is 1. The molecule has 108 valence electrons. The van der Waals surface area contributed by atoms with Gasteiger partial charge in [0.25, 0.3) is 5.91 Å². The molecule has 1 aromatic carbocycles. The van der Waals surface area contributed by atoms with Crippen LogP contribution in [0.1, 0.15) is 48.9 Å². The maximum absolute atomic E-state index is 12.8. The fourth-order valence-electron chi connectivity index (χ4n) is 3.75. The Morgan fingerprint density at radius 1 is 1.20 bits per heavy atom. The minimum Gasteiger partial charge on any atom is -0.398 e. The number of benzene rings is 1. The van der Waals surface area contributed by atoms with Crippen molar-refractivity contribution >= 4 is 23.2 Å². The summed E-state index contributed by atoms with van der Waals surface area (Å²) in [6, 6.07) is 5.72. The number of halogens is 1. The number of rotatable bonds is 2. The Hall–Kier alpha value is -1.22. The molecule has 1 aliphatic heterocycles. The van der Waals surface area contributed by atoms with Crippen LogP contribution in [0.2, 0.25) is 5.02 Å². The van der Waals surface area contributed by atoms with Crippen molar-refractivity contribution in [3.8, 4) is 0 Å². The van der Waals surface area contributed by atoms with Gasteiger partial charge in [0.2, 0.25) is 0 Å². The van der Waals surface area contributed by atoms with Gasteiger partial charge in [-0.15, -0.1) is 0 Å². The Kier molecular flexibility index (Phi) is 3.88. The Bertz CT molecular complexity index is 511. The molecule has 0 spiro atoms. The summed E-state index contributed by atoms with van der Waals surface area (Å²) in [6.45, 7) is 0.852. The molecule has 2 aliphatic rings. The second-order valence-electron chi connectivity index (χ2n) is 5.96. The number of nitrogen functional groups attached to an aromatic ring is 1. The minimum absolute atomic E-state index is 0.0525. The van der Waals surface area contributed by atoms with Gasteiger partial charge in [0.15, 0.2) is 0 Å². The number of carbonyl (C=O) groups is 1. The lowest BCUT2D eigenvalue weighted by molar-refractivity contribution is 0.0689. The molecule has 0 aromatic heterocycles. The number of amides is 1. The molecule has 1 saturated carbocycles. The van der Waals surface area contributed by atoms with Crippen LogP contribution in [0.5, 0.6) is 0 Å². The Labute approximate surface area is 125 Å². The van der Waals surface area contributed by atoms with E-state index in [-0.39, 0.29) is 5.91 Å². The fraction of sp³-hybridized carbons (Fsp3) is 0.562. The number of likely N-dealkylation sites (tertiary alicyclic amines) is 1.